The number of piperidine rings is 1. The van der Waals surface area contributed by atoms with Crippen LogP contribution in [0.3, 0.4) is 0 Å². The zero-order valence-corrected chi connectivity index (χ0v) is 21.2. The molecule has 1 saturated heterocycles. The Bertz CT molecular complexity index is 957. The Kier molecular flexibility index (Phi) is 9.36. The van der Waals surface area contributed by atoms with Crippen molar-refractivity contribution in [3.63, 3.8) is 0 Å². The maximum absolute atomic E-state index is 13.1. The van der Waals surface area contributed by atoms with Crippen molar-refractivity contribution in [2.75, 3.05) is 49.4 Å². The highest BCUT2D eigenvalue weighted by molar-refractivity contribution is 6.20. The van der Waals surface area contributed by atoms with Crippen LogP contribution in [-0.2, 0) is 16.0 Å². The van der Waals surface area contributed by atoms with Gasteiger partial charge >= 0.3 is 0 Å². The summed E-state index contributed by atoms with van der Waals surface area (Å²) in [6.45, 7) is 6.22. The number of benzene rings is 2. The first-order valence-electron chi connectivity index (χ1n) is 11.9. The van der Waals surface area contributed by atoms with Gasteiger partial charge in [0.15, 0.2) is 0 Å². The Hall–Kier alpha value is -2.57. The van der Waals surface area contributed by atoms with Crippen molar-refractivity contribution in [2.45, 2.75) is 33.1 Å². The lowest BCUT2D eigenvalue weighted by Gasteiger charge is -2.35. The first-order chi connectivity index (χ1) is 16.3. The summed E-state index contributed by atoms with van der Waals surface area (Å²) in [7, 11) is 1.60. The monoisotopic (exact) mass is 485 g/mol. The molecule has 7 heteroatoms. The Morgan fingerprint density at radius 3 is 2.47 bits per heavy atom. The zero-order valence-electron chi connectivity index (χ0n) is 20.4. The summed E-state index contributed by atoms with van der Waals surface area (Å²) >= 11 is 5.95. The lowest BCUT2D eigenvalue weighted by atomic mass is 9.89. The molecule has 2 N–H and O–H groups in total. The second-order valence-corrected chi connectivity index (χ2v) is 9.84. The molecular weight excluding hydrogens is 450 g/mol. The standard InChI is InChI=1S/C27H36ClN3O3/c1-27(2,19-28)26(33)30-22-9-10-24(23(18-22)25(32)29-13-16-34-3)31-14-11-21(12-15-31)17-20-7-5-4-6-8-20/h4-10,18,21H,11-17,19H2,1-3H3,(H,29,32)(H,30,33). The fourth-order valence-electron chi connectivity index (χ4n) is 4.12. The number of hydrogen-bond acceptors (Lipinski definition) is 4. The number of carbonyl (C=O) groups excluding carboxylic acids is 2. The van der Waals surface area contributed by atoms with E-state index in [0.29, 0.717) is 30.3 Å². The van der Waals surface area contributed by atoms with Crippen LogP contribution in [0.25, 0.3) is 0 Å². The number of nitrogens with one attached hydrogen (secondary N) is 2. The van der Waals surface area contributed by atoms with Gasteiger partial charge in [0.25, 0.3) is 5.91 Å². The Balaban J connectivity index is 1.74. The molecule has 1 aliphatic heterocycles. The highest BCUT2D eigenvalue weighted by atomic mass is 35.5. The number of halogens is 1. The van der Waals surface area contributed by atoms with Gasteiger partial charge < -0.3 is 20.3 Å². The van der Waals surface area contributed by atoms with Crippen molar-refractivity contribution in [1.29, 1.82) is 0 Å². The number of nitrogens with zero attached hydrogens (tertiary/aromatic N) is 1. The lowest BCUT2D eigenvalue weighted by molar-refractivity contribution is -0.122. The highest BCUT2D eigenvalue weighted by Gasteiger charge is 2.28. The summed E-state index contributed by atoms with van der Waals surface area (Å²) in [4.78, 5) is 27.9. The average Bonchev–Trinajstić information content (AvgIpc) is 2.85. The Labute approximate surface area is 208 Å². The molecule has 0 unspecified atom stereocenters. The Morgan fingerprint density at radius 2 is 1.82 bits per heavy atom. The van der Waals surface area contributed by atoms with E-state index in [4.69, 9.17) is 16.3 Å². The topological polar surface area (TPSA) is 70.7 Å². The molecular formula is C27H36ClN3O3. The maximum atomic E-state index is 13.1. The molecule has 6 nitrogen and oxygen atoms in total. The summed E-state index contributed by atoms with van der Waals surface area (Å²) in [6, 6.07) is 16.2. The van der Waals surface area contributed by atoms with Crippen molar-refractivity contribution in [2.24, 2.45) is 11.3 Å². The van der Waals surface area contributed by atoms with Gasteiger partial charge in [-0.15, -0.1) is 11.6 Å². The number of rotatable bonds is 10. The minimum atomic E-state index is -0.707. The summed E-state index contributed by atoms with van der Waals surface area (Å²) in [5, 5.41) is 5.83. The van der Waals surface area contributed by atoms with Gasteiger partial charge in [0, 0.05) is 44.0 Å². The number of hydrogen-bond donors (Lipinski definition) is 2. The van der Waals surface area contributed by atoms with Crippen molar-refractivity contribution < 1.29 is 14.3 Å². The minimum Gasteiger partial charge on any atom is -0.383 e. The van der Waals surface area contributed by atoms with Gasteiger partial charge in [0.1, 0.15) is 0 Å². The summed E-state index contributed by atoms with van der Waals surface area (Å²) in [5.74, 6) is 0.488. The van der Waals surface area contributed by atoms with Crippen molar-refractivity contribution in [1.82, 2.24) is 5.32 Å². The molecule has 0 radical (unpaired) electrons. The molecule has 0 bridgehead atoms. The van der Waals surface area contributed by atoms with Gasteiger partial charge in [-0.3, -0.25) is 9.59 Å². The van der Waals surface area contributed by atoms with Crippen molar-refractivity contribution >= 4 is 34.8 Å². The first kappa shape index (κ1) is 26.0. The number of anilines is 2. The molecule has 1 heterocycles. The molecule has 2 aromatic rings. The van der Waals surface area contributed by atoms with E-state index in [1.54, 1.807) is 27.0 Å². The number of amides is 2. The number of carbonyl (C=O) groups is 2. The molecule has 1 fully saturated rings. The predicted molar refractivity (Wildman–Crippen MR) is 139 cm³/mol. The second kappa shape index (κ2) is 12.2. The Morgan fingerprint density at radius 1 is 1.12 bits per heavy atom. The third-order valence-corrected chi connectivity index (χ3v) is 7.03. The zero-order chi connectivity index (χ0) is 24.6. The predicted octanol–water partition coefficient (Wildman–Crippen LogP) is 4.73. The van der Waals surface area contributed by atoms with E-state index in [0.717, 1.165) is 38.0 Å². The van der Waals surface area contributed by atoms with Crippen LogP contribution < -0.4 is 15.5 Å². The highest BCUT2D eigenvalue weighted by Crippen LogP contribution is 2.31. The molecule has 1 aliphatic rings. The van der Waals surface area contributed by atoms with Gasteiger partial charge in [-0.25, -0.2) is 0 Å². The molecule has 184 valence electrons. The SMILES string of the molecule is COCCNC(=O)c1cc(NC(=O)C(C)(C)CCl)ccc1N1CCC(Cc2ccccc2)CC1. The quantitative estimate of drug-likeness (QED) is 0.377. The molecule has 2 amide bonds. The minimum absolute atomic E-state index is 0.175. The van der Waals surface area contributed by atoms with Gasteiger partial charge in [0.2, 0.25) is 5.91 Å². The van der Waals surface area contributed by atoms with Gasteiger partial charge in [-0.2, -0.15) is 0 Å². The molecule has 0 aromatic heterocycles. The molecule has 0 spiro atoms. The van der Waals surface area contributed by atoms with Gasteiger partial charge in [-0.1, -0.05) is 30.3 Å². The molecule has 34 heavy (non-hydrogen) atoms. The van der Waals surface area contributed by atoms with Crippen molar-refractivity contribution in [3.8, 4) is 0 Å². The molecule has 0 atom stereocenters. The van der Waals surface area contributed by atoms with E-state index in [1.165, 1.54) is 5.56 Å². The van der Waals surface area contributed by atoms with Gasteiger partial charge in [-0.05, 0) is 62.8 Å². The van der Waals surface area contributed by atoms with E-state index < -0.39 is 5.41 Å². The van der Waals surface area contributed by atoms with Crippen LogP contribution in [0.15, 0.2) is 48.5 Å². The molecule has 3 rings (SSSR count). The fourth-order valence-corrected chi connectivity index (χ4v) is 4.24. The third-order valence-electron chi connectivity index (χ3n) is 6.36. The summed E-state index contributed by atoms with van der Waals surface area (Å²) in [5.41, 5.74) is 2.70. The average molecular weight is 486 g/mol. The van der Waals surface area contributed by atoms with Crippen LogP contribution in [0.1, 0.15) is 42.6 Å². The second-order valence-electron chi connectivity index (χ2n) is 9.57. The largest absolute Gasteiger partial charge is 0.383 e. The fraction of sp³-hybridized carbons (Fsp3) is 0.481. The number of ether oxygens (including phenoxy) is 1. The number of methoxy groups -OCH3 is 1. The van der Waals surface area contributed by atoms with Crippen LogP contribution in [0.5, 0.6) is 0 Å². The summed E-state index contributed by atoms with van der Waals surface area (Å²) in [6.07, 6.45) is 3.23. The number of alkyl halides is 1. The van der Waals surface area contributed by atoms with E-state index in [-0.39, 0.29) is 17.7 Å². The molecule has 0 aliphatic carbocycles. The normalized spacial score (nSPS) is 14.6. The van der Waals surface area contributed by atoms with E-state index in [9.17, 15) is 9.59 Å². The molecule has 2 aromatic carbocycles. The first-order valence-corrected chi connectivity index (χ1v) is 12.4. The van der Waals surface area contributed by atoms with Gasteiger partial charge in [0.05, 0.1) is 17.6 Å². The molecule has 0 saturated carbocycles. The lowest BCUT2D eigenvalue weighted by Crippen LogP contribution is -2.37. The van der Waals surface area contributed by atoms with Crippen molar-refractivity contribution in [3.05, 3.63) is 59.7 Å². The van der Waals surface area contributed by atoms with E-state index in [2.05, 4.69) is 39.8 Å². The van der Waals surface area contributed by atoms with Crippen LogP contribution in [0.2, 0.25) is 0 Å². The third kappa shape index (κ3) is 6.97. The summed E-state index contributed by atoms with van der Waals surface area (Å²) < 4.78 is 5.07. The van der Waals surface area contributed by atoms with Crippen LogP contribution in [-0.4, -0.2) is 51.0 Å². The smallest absolute Gasteiger partial charge is 0.253 e. The van der Waals surface area contributed by atoms with E-state index in [1.807, 2.05) is 18.2 Å². The van der Waals surface area contributed by atoms with E-state index >= 15 is 0 Å². The van der Waals surface area contributed by atoms with Crippen LogP contribution in [0, 0.1) is 11.3 Å². The van der Waals surface area contributed by atoms with Crippen LogP contribution >= 0.6 is 11.6 Å². The van der Waals surface area contributed by atoms with Crippen LogP contribution in [0.4, 0.5) is 11.4 Å². The maximum Gasteiger partial charge on any atom is 0.253 e.